The predicted octanol–water partition coefficient (Wildman–Crippen LogP) is 1.53. The lowest BCUT2D eigenvalue weighted by Crippen LogP contribution is -2.15. The van der Waals surface area contributed by atoms with E-state index in [2.05, 4.69) is 15.5 Å². The van der Waals surface area contributed by atoms with Crippen LogP contribution in [0.5, 0.6) is 0 Å². The number of carbonyl (C=O) groups is 2. The second-order valence-corrected chi connectivity index (χ2v) is 5.37. The monoisotopic (exact) mass is 303 g/mol. The molecule has 0 unspecified atom stereocenters. The van der Waals surface area contributed by atoms with Gasteiger partial charge < -0.3 is 10.4 Å². The van der Waals surface area contributed by atoms with Crippen molar-refractivity contribution in [3.05, 3.63) is 30.2 Å². The summed E-state index contributed by atoms with van der Waals surface area (Å²) in [7, 11) is 0. The fourth-order valence-corrected chi connectivity index (χ4v) is 2.67. The average Bonchev–Trinajstić information content (AvgIpc) is 3.19. The second-order valence-electron chi connectivity index (χ2n) is 5.37. The van der Waals surface area contributed by atoms with E-state index in [1.165, 1.54) is 23.7 Å². The predicted molar refractivity (Wildman–Crippen MR) is 77.5 cm³/mol. The van der Waals surface area contributed by atoms with Gasteiger partial charge in [-0.05, 0) is 18.9 Å². The van der Waals surface area contributed by atoms with Gasteiger partial charge in [-0.15, -0.1) is 0 Å². The van der Waals surface area contributed by atoms with Crippen LogP contribution < -0.4 is 5.32 Å². The summed E-state index contributed by atoms with van der Waals surface area (Å²) >= 11 is 0. The Bertz CT molecular complexity index is 684. The van der Waals surface area contributed by atoms with Crippen molar-refractivity contribution in [2.75, 3.05) is 5.32 Å². The van der Waals surface area contributed by atoms with Crippen molar-refractivity contribution in [3.8, 4) is 0 Å². The summed E-state index contributed by atoms with van der Waals surface area (Å²) < 4.78 is 3.10. The molecule has 1 aliphatic rings. The van der Waals surface area contributed by atoms with Crippen LogP contribution in [0, 0.1) is 0 Å². The molecule has 2 N–H and O–H groups in total. The van der Waals surface area contributed by atoms with Crippen molar-refractivity contribution in [3.63, 3.8) is 0 Å². The smallest absolute Gasteiger partial charge is 0.325 e. The quantitative estimate of drug-likeness (QED) is 0.872. The third-order valence-corrected chi connectivity index (χ3v) is 3.72. The molecule has 1 fully saturated rings. The number of carboxylic acid groups (broad SMARTS) is 1. The van der Waals surface area contributed by atoms with Crippen molar-refractivity contribution in [2.24, 2.45) is 0 Å². The van der Waals surface area contributed by atoms with Crippen LogP contribution in [0.15, 0.2) is 24.5 Å². The van der Waals surface area contributed by atoms with Gasteiger partial charge in [0, 0.05) is 18.5 Å². The van der Waals surface area contributed by atoms with E-state index in [9.17, 15) is 9.59 Å². The lowest BCUT2D eigenvalue weighted by molar-refractivity contribution is -0.137. The molecule has 0 spiro atoms. The van der Waals surface area contributed by atoms with E-state index in [0.717, 1.165) is 12.8 Å². The number of amides is 1. The highest BCUT2D eigenvalue weighted by atomic mass is 16.4. The fourth-order valence-electron chi connectivity index (χ4n) is 2.67. The van der Waals surface area contributed by atoms with Crippen molar-refractivity contribution in [1.82, 2.24) is 19.6 Å². The van der Waals surface area contributed by atoms with Gasteiger partial charge in [-0.2, -0.15) is 10.2 Å². The van der Waals surface area contributed by atoms with Crippen molar-refractivity contribution >= 4 is 17.7 Å². The van der Waals surface area contributed by atoms with Gasteiger partial charge >= 0.3 is 5.97 Å². The Labute approximate surface area is 126 Å². The van der Waals surface area contributed by atoms with Crippen molar-refractivity contribution in [2.45, 2.75) is 38.3 Å². The second kappa shape index (κ2) is 6.00. The van der Waals surface area contributed by atoms with E-state index in [-0.39, 0.29) is 12.5 Å². The number of aliphatic carboxylic acids is 1. The first-order valence-corrected chi connectivity index (χ1v) is 7.23. The van der Waals surface area contributed by atoms with Crippen molar-refractivity contribution < 1.29 is 14.7 Å². The molecule has 22 heavy (non-hydrogen) atoms. The van der Waals surface area contributed by atoms with Gasteiger partial charge in [-0.3, -0.25) is 19.0 Å². The number of carbonyl (C=O) groups excluding carboxylic acids is 1. The summed E-state index contributed by atoms with van der Waals surface area (Å²) in [5.74, 6) is -1.03. The first-order chi connectivity index (χ1) is 10.6. The zero-order valence-electron chi connectivity index (χ0n) is 12.0. The van der Waals surface area contributed by atoms with Gasteiger partial charge in [-0.1, -0.05) is 12.8 Å². The summed E-state index contributed by atoms with van der Waals surface area (Å²) in [6, 6.07) is 3.62. The lowest BCUT2D eigenvalue weighted by atomic mass is 10.3. The van der Waals surface area contributed by atoms with E-state index in [0.29, 0.717) is 17.6 Å². The van der Waals surface area contributed by atoms with Gasteiger partial charge in [0.05, 0.1) is 6.04 Å². The molecule has 0 aromatic carbocycles. The maximum absolute atomic E-state index is 12.1. The Morgan fingerprint density at radius 3 is 2.73 bits per heavy atom. The van der Waals surface area contributed by atoms with Gasteiger partial charge in [-0.25, -0.2) is 0 Å². The number of hydrogen-bond acceptors (Lipinski definition) is 4. The average molecular weight is 303 g/mol. The fraction of sp³-hybridized carbons (Fsp3) is 0.429. The summed E-state index contributed by atoms with van der Waals surface area (Å²) in [5.41, 5.74) is 0.333. The maximum atomic E-state index is 12.1. The molecule has 2 aromatic heterocycles. The zero-order valence-corrected chi connectivity index (χ0v) is 12.0. The van der Waals surface area contributed by atoms with E-state index < -0.39 is 5.97 Å². The highest BCUT2D eigenvalue weighted by Crippen LogP contribution is 2.28. The Kier molecular flexibility index (Phi) is 3.90. The van der Waals surface area contributed by atoms with Crippen LogP contribution in [0.3, 0.4) is 0 Å². The van der Waals surface area contributed by atoms with Crippen LogP contribution in [-0.2, 0) is 11.3 Å². The number of anilines is 1. The standard InChI is InChI=1S/C14H17N5O3/c20-13(21)9-18-7-6-12(17-18)15-14(22)11-5-8-19(16-11)10-3-1-2-4-10/h5-8,10H,1-4,9H2,(H,20,21)(H,15,17,22). The molecule has 0 aliphatic heterocycles. The molecule has 0 atom stereocenters. The SMILES string of the molecule is O=C(O)Cn1ccc(NC(=O)c2ccn(C3CCCC3)n2)n1. The Morgan fingerprint density at radius 1 is 1.23 bits per heavy atom. The van der Waals surface area contributed by atoms with E-state index in [1.807, 2.05) is 10.9 Å². The summed E-state index contributed by atoms with van der Waals surface area (Å²) in [6.45, 7) is -0.244. The van der Waals surface area contributed by atoms with Gasteiger partial charge in [0.15, 0.2) is 11.5 Å². The highest BCUT2D eigenvalue weighted by Gasteiger charge is 2.19. The molecule has 8 heteroatoms. The number of nitrogens with one attached hydrogen (secondary N) is 1. The zero-order chi connectivity index (χ0) is 15.5. The molecule has 1 amide bonds. The topological polar surface area (TPSA) is 102 Å². The largest absolute Gasteiger partial charge is 0.480 e. The molecule has 3 rings (SSSR count). The summed E-state index contributed by atoms with van der Waals surface area (Å²) in [6.07, 6.45) is 7.93. The molecule has 0 radical (unpaired) electrons. The molecule has 8 nitrogen and oxygen atoms in total. The van der Waals surface area contributed by atoms with Gasteiger partial charge in [0.1, 0.15) is 6.54 Å². The minimum atomic E-state index is -0.990. The van der Waals surface area contributed by atoms with Crippen molar-refractivity contribution in [1.29, 1.82) is 0 Å². The molecule has 0 bridgehead atoms. The third kappa shape index (κ3) is 3.16. The van der Waals surface area contributed by atoms with Crippen LogP contribution in [-0.4, -0.2) is 36.5 Å². The van der Waals surface area contributed by atoms with Crippen LogP contribution in [0.4, 0.5) is 5.82 Å². The van der Waals surface area contributed by atoms with Crippen LogP contribution in [0.25, 0.3) is 0 Å². The van der Waals surface area contributed by atoms with E-state index in [4.69, 9.17) is 5.11 Å². The maximum Gasteiger partial charge on any atom is 0.325 e. The van der Waals surface area contributed by atoms with Crippen LogP contribution in [0.1, 0.15) is 42.2 Å². The Hall–Kier alpha value is -2.64. The lowest BCUT2D eigenvalue weighted by Gasteiger charge is -2.08. The third-order valence-electron chi connectivity index (χ3n) is 3.72. The minimum Gasteiger partial charge on any atom is -0.480 e. The number of aromatic nitrogens is 4. The first-order valence-electron chi connectivity index (χ1n) is 7.23. The molecule has 0 saturated heterocycles. The molecule has 116 valence electrons. The molecule has 1 aliphatic carbocycles. The number of nitrogens with zero attached hydrogens (tertiary/aromatic N) is 4. The molecule has 2 heterocycles. The van der Waals surface area contributed by atoms with E-state index in [1.54, 1.807) is 12.1 Å². The van der Waals surface area contributed by atoms with E-state index >= 15 is 0 Å². The van der Waals surface area contributed by atoms with Crippen LogP contribution in [0.2, 0.25) is 0 Å². The van der Waals surface area contributed by atoms with Gasteiger partial charge in [0.25, 0.3) is 5.91 Å². The molecular formula is C14H17N5O3. The Morgan fingerprint density at radius 2 is 2.00 bits per heavy atom. The van der Waals surface area contributed by atoms with Gasteiger partial charge in [0.2, 0.25) is 0 Å². The molecule has 2 aromatic rings. The minimum absolute atomic E-state index is 0.244. The summed E-state index contributed by atoms with van der Waals surface area (Å²) in [5, 5.41) is 19.6. The molecule has 1 saturated carbocycles. The highest BCUT2D eigenvalue weighted by molar-refractivity contribution is 6.02. The first kappa shape index (κ1) is 14.3. The summed E-state index contributed by atoms with van der Waals surface area (Å²) in [4.78, 5) is 22.7. The Balaban J connectivity index is 1.64. The number of carboxylic acids is 1. The number of hydrogen-bond donors (Lipinski definition) is 2. The van der Waals surface area contributed by atoms with Crippen LogP contribution >= 0.6 is 0 Å². The number of rotatable bonds is 5. The normalized spacial score (nSPS) is 15.1. The molecular weight excluding hydrogens is 286 g/mol.